The highest BCUT2D eigenvalue weighted by molar-refractivity contribution is 6.32. The van der Waals surface area contributed by atoms with E-state index in [9.17, 15) is 9.59 Å². The SMILES string of the molecule is Bc1ccc2c(c1)[C@@H](NC=O)C[C@@H](C)N2C(C)=O. The molecule has 4 nitrogen and oxygen atoms in total. The van der Waals surface area contributed by atoms with Gasteiger partial charge in [0.05, 0.1) is 6.04 Å². The standard InChI is InChI=1S/C13H17BN2O2/c1-8-5-12(15-7-17)11-6-10(14)3-4-13(11)16(8)9(2)18/h3-4,6-8,12H,5,14H2,1-2H3,(H,15,17)/t8-,12+/m1/s1. The number of carbonyl (C=O) groups excluding carboxylic acids is 2. The molecule has 0 saturated carbocycles. The largest absolute Gasteiger partial charge is 0.352 e. The molecular formula is C13H17BN2O2. The third-order valence-corrected chi connectivity index (χ3v) is 3.44. The third kappa shape index (κ3) is 2.12. The minimum absolute atomic E-state index is 0.0111. The molecule has 1 aliphatic rings. The number of nitrogens with zero attached hydrogens (tertiary/aromatic N) is 1. The summed E-state index contributed by atoms with van der Waals surface area (Å²) >= 11 is 0. The highest BCUT2D eigenvalue weighted by Crippen LogP contribution is 2.36. The van der Waals surface area contributed by atoms with Crippen molar-refractivity contribution < 1.29 is 9.59 Å². The predicted octanol–water partition coefficient (Wildman–Crippen LogP) is -0.123. The van der Waals surface area contributed by atoms with E-state index in [1.54, 1.807) is 11.8 Å². The Hall–Kier alpha value is -1.78. The van der Waals surface area contributed by atoms with Gasteiger partial charge >= 0.3 is 0 Å². The molecule has 2 amide bonds. The lowest BCUT2D eigenvalue weighted by Crippen LogP contribution is -2.44. The van der Waals surface area contributed by atoms with E-state index in [-0.39, 0.29) is 18.0 Å². The van der Waals surface area contributed by atoms with Gasteiger partial charge in [-0.25, -0.2) is 0 Å². The molecule has 0 aromatic heterocycles. The molecule has 0 spiro atoms. The summed E-state index contributed by atoms with van der Waals surface area (Å²) in [6, 6.07) is 6.07. The van der Waals surface area contributed by atoms with Gasteiger partial charge in [-0.2, -0.15) is 0 Å². The highest BCUT2D eigenvalue weighted by atomic mass is 16.2. The van der Waals surface area contributed by atoms with Crippen LogP contribution in [0.15, 0.2) is 18.2 Å². The van der Waals surface area contributed by atoms with Crippen molar-refractivity contribution in [1.82, 2.24) is 5.32 Å². The maximum absolute atomic E-state index is 11.8. The number of carbonyl (C=O) groups is 2. The number of amides is 2. The van der Waals surface area contributed by atoms with E-state index in [1.807, 2.05) is 33.0 Å². The van der Waals surface area contributed by atoms with Crippen LogP contribution in [0.25, 0.3) is 0 Å². The first kappa shape index (κ1) is 12.7. The summed E-state index contributed by atoms with van der Waals surface area (Å²) in [4.78, 5) is 24.3. The molecule has 1 heterocycles. The second-order valence-corrected chi connectivity index (χ2v) is 4.87. The second-order valence-electron chi connectivity index (χ2n) is 4.87. The molecule has 0 saturated heterocycles. The Morgan fingerprint density at radius 3 is 2.89 bits per heavy atom. The van der Waals surface area contributed by atoms with Crippen molar-refractivity contribution in [2.75, 3.05) is 4.90 Å². The van der Waals surface area contributed by atoms with Crippen molar-refractivity contribution in [3.8, 4) is 0 Å². The Morgan fingerprint density at radius 2 is 2.28 bits per heavy atom. The average Bonchev–Trinajstić information content (AvgIpc) is 2.29. The number of rotatable bonds is 2. The van der Waals surface area contributed by atoms with Gasteiger partial charge in [0.2, 0.25) is 12.3 Å². The van der Waals surface area contributed by atoms with Gasteiger partial charge in [0, 0.05) is 18.7 Å². The fourth-order valence-corrected chi connectivity index (χ4v) is 2.70. The van der Waals surface area contributed by atoms with Crippen LogP contribution in [0, 0.1) is 0 Å². The zero-order valence-electron chi connectivity index (χ0n) is 10.9. The first-order chi connectivity index (χ1) is 8.54. The molecule has 5 heteroatoms. The van der Waals surface area contributed by atoms with Crippen molar-refractivity contribution in [3.63, 3.8) is 0 Å². The fourth-order valence-electron chi connectivity index (χ4n) is 2.70. The summed E-state index contributed by atoms with van der Waals surface area (Å²) in [5.41, 5.74) is 3.06. The van der Waals surface area contributed by atoms with Crippen molar-refractivity contribution in [2.45, 2.75) is 32.4 Å². The van der Waals surface area contributed by atoms with Gasteiger partial charge in [-0.05, 0) is 25.0 Å². The van der Waals surface area contributed by atoms with Gasteiger partial charge in [0.15, 0.2) is 0 Å². The van der Waals surface area contributed by atoms with Crippen molar-refractivity contribution in [3.05, 3.63) is 23.8 Å². The van der Waals surface area contributed by atoms with E-state index in [2.05, 4.69) is 5.32 Å². The topological polar surface area (TPSA) is 49.4 Å². The summed E-state index contributed by atoms with van der Waals surface area (Å²) < 4.78 is 0. The zero-order chi connectivity index (χ0) is 13.3. The van der Waals surface area contributed by atoms with Crippen LogP contribution < -0.4 is 15.7 Å². The molecule has 18 heavy (non-hydrogen) atoms. The number of fused-ring (bicyclic) bond motifs is 1. The fraction of sp³-hybridized carbons (Fsp3) is 0.385. The van der Waals surface area contributed by atoms with Gasteiger partial charge in [-0.1, -0.05) is 17.6 Å². The lowest BCUT2D eigenvalue weighted by molar-refractivity contribution is -0.117. The van der Waals surface area contributed by atoms with Gasteiger partial charge in [0.25, 0.3) is 0 Å². The first-order valence-electron chi connectivity index (χ1n) is 6.14. The van der Waals surface area contributed by atoms with E-state index in [0.717, 1.165) is 29.5 Å². The van der Waals surface area contributed by atoms with E-state index in [1.165, 1.54) is 0 Å². The van der Waals surface area contributed by atoms with Crippen LogP contribution in [0.3, 0.4) is 0 Å². The molecule has 2 rings (SSSR count). The maximum atomic E-state index is 11.8. The predicted molar refractivity (Wildman–Crippen MR) is 73.8 cm³/mol. The van der Waals surface area contributed by atoms with Crippen LogP contribution in [-0.4, -0.2) is 26.2 Å². The minimum atomic E-state index is -0.0111. The van der Waals surface area contributed by atoms with E-state index in [4.69, 9.17) is 0 Å². The Kier molecular flexibility index (Phi) is 3.41. The summed E-state index contributed by atoms with van der Waals surface area (Å²) in [7, 11) is 2.01. The molecular weight excluding hydrogens is 227 g/mol. The summed E-state index contributed by atoms with van der Waals surface area (Å²) in [6.07, 6.45) is 1.47. The lowest BCUT2D eigenvalue weighted by atomic mass is 9.86. The van der Waals surface area contributed by atoms with Crippen molar-refractivity contribution in [1.29, 1.82) is 0 Å². The highest BCUT2D eigenvalue weighted by Gasteiger charge is 2.31. The number of anilines is 1. The van der Waals surface area contributed by atoms with Crippen LogP contribution >= 0.6 is 0 Å². The molecule has 94 valence electrons. The maximum Gasteiger partial charge on any atom is 0.224 e. The molecule has 0 unspecified atom stereocenters. The number of hydrogen-bond donors (Lipinski definition) is 1. The molecule has 1 aliphatic heterocycles. The molecule has 1 aromatic carbocycles. The average molecular weight is 244 g/mol. The summed E-state index contributed by atoms with van der Waals surface area (Å²) in [5, 5.41) is 2.84. The molecule has 0 fully saturated rings. The molecule has 0 aliphatic carbocycles. The van der Waals surface area contributed by atoms with Crippen LogP contribution in [-0.2, 0) is 9.59 Å². The number of nitrogens with one attached hydrogen (secondary N) is 1. The normalized spacial score (nSPS) is 22.2. The van der Waals surface area contributed by atoms with Crippen molar-refractivity contribution >= 4 is 31.3 Å². The molecule has 2 atom stereocenters. The Balaban J connectivity index is 2.51. The van der Waals surface area contributed by atoms with Crippen molar-refractivity contribution in [2.24, 2.45) is 0 Å². The second kappa shape index (κ2) is 4.84. The van der Waals surface area contributed by atoms with Gasteiger partial charge in [-0.3, -0.25) is 9.59 Å². The lowest BCUT2D eigenvalue weighted by Gasteiger charge is -2.38. The first-order valence-corrected chi connectivity index (χ1v) is 6.14. The van der Waals surface area contributed by atoms with E-state index >= 15 is 0 Å². The quantitative estimate of drug-likeness (QED) is 0.582. The van der Waals surface area contributed by atoms with E-state index in [0.29, 0.717) is 0 Å². The monoisotopic (exact) mass is 244 g/mol. The van der Waals surface area contributed by atoms with Crippen LogP contribution in [0.5, 0.6) is 0 Å². The van der Waals surface area contributed by atoms with E-state index < -0.39 is 0 Å². The van der Waals surface area contributed by atoms with Gasteiger partial charge in [0.1, 0.15) is 7.85 Å². The summed E-state index contributed by atoms with van der Waals surface area (Å²) in [5.74, 6) is 0.0390. The molecule has 0 bridgehead atoms. The molecule has 1 aromatic rings. The Morgan fingerprint density at radius 1 is 1.56 bits per heavy atom. The zero-order valence-corrected chi connectivity index (χ0v) is 10.9. The van der Waals surface area contributed by atoms with Gasteiger partial charge in [-0.15, -0.1) is 0 Å². The molecule has 1 N–H and O–H groups in total. The van der Waals surface area contributed by atoms with Crippen LogP contribution in [0.4, 0.5) is 5.69 Å². The number of hydrogen-bond acceptors (Lipinski definition) is 2. The third-order valence-electron chi connectivity index (χ3n) is 3.44. The summed E-state index contributed by atoms with van der Waals surface area (Å²) in [6.45, 7) is 3.58. The van der Waals surface area contributed by atoms with Crippen LogP contribution in [0.2, 0.25) is 0 Å². The smallest absolute Gasteiger partial charge is 0.224 e. The Bertz CT molecular complexity index is 490. The minimum Gasteiger partial charge on any atom is -0.352 e. The number of benzene rings is 1. The van der Waals surface area contributed by atoms with Gasteiger partial charge < -0.3 is 10.2 Å². The van der Waals surface area contributed by atoms with Crippen LogP contribution in [0.1, 0.15) is 31.9 Å². The Labute approximate surface area is 108 Å². The molecule has 0 radical (unpaired) electrons.